The number of halogens is 1. The molecule has 1 aliphatic rings. The topological polar surface area (TPSA) is 58.4 Å². The van der Waals surface area contributed by atoms with Crippen molar-refractivity contribution in [1.29, 1.82) is 0 Å². The summed E-state index contributed by atoms with van der Waals surface area (Å²) in [6.07, 6.45) is 3.50. The minimum absolute atomic E-state index is 0.450. The van der Waals surface area contributed by atoms with Gasteiger partial charge in [-0.1, -0.05) is 0 Å². The van der Waals surface area contributed by atoms with Gasteiger partial charge in [0.1, 0.15) is 6.33 Å². The molecule has 6 nitrogen and oxygen atoms in total. The van der Waals surface area contributed by atoms with Gasteiger partial charge in [-0.2, -0.15) is 0 Å². The van der Waals surface area contributed by atoms with Gasteiger partial charge in [0.25, 0.3) is 0 Å². The first-order valence-corrected chi connectivity index (χ1v) is 6.79. The Morgan fingerprint density at radius 3 is 2.78 bits per heavy atom. The summed E-state index contributed by atoms with van der Waals surface area (Å²) in [7, 11) is 0. The van der Waals surface area contributed by atoms with Crippen molar-refractivity contribution in [2.24, 2.45) is 0 Å². The zero-order chi connectivity index (χ0) is 12.7. The predicted molar refractivity (Wildman–Crippen MR) is 72.8 cm³/mol. The van der Waals surface area contributed by atoms with E-state index < -0.39 is 0 Å². The number of fused-ring (bicyclic) bond motifs is 1. The van der Waals surface area contributed by atoms with Crippen LogP contribution in [0.15, 0.2) is 17.0 Å². The molecule has 3 heterocycles. The third-order valence-corrected chi connectivity index (χ3v) is 3.67. The smallest absolute Gasteiger partial charge is 0.212 e. The Kier molecular flexibility index (Phi) is 2.95. The van der Waals surface area contributed by atoms with Crippen molar-refractivity contribution in [2.75, 3.05) is 18.0 Å². The summed E-state index contributed by atoms with van der Waals surface area (Å²) in [5.74, 6) is 0.901. The van der Waals surface area contributed by atoms with Gasteiger partial charge in [-0.15, -0.1) is 10.2 Å². The summed E-state index contributed by atoms with van der Waals surface area (Å²) in [5.41, 5.74) is 0.804. The van der Waals surface area contributed by atoms with Gasteiger partial charge >= 0.3 is 0 Å². The van der Waals surface area contributed by atoms with Gasteiger partial charge in [0.2, 0.25) is 5.95 Å². The summed E-state index contributed by atoms with van der Waals surface area (Å²) in [6.45, 7) is 6.24. The van der Waals surface area contributed by atoms with Crippen LogP contribution in [0.4, 0.5) is 5.95 Å². The van der Waals surface area contributed by atoms with Gasteiger partial charge in [-0.05, 0) is 29.8 Å². The van der Waals surface area contributed by atoms with E-state index in [1.165, 1.54) is 0 Å². The van der Waals surface area contributed by atoms with Crippen molar-refractivity contribution in [3.05, 3.63) is 17.0 Å². The lowest BCUT2D eigenvalue weighted by atomic mass is 10.1. The lowest BCUT2D eigenvalue weighted by Gasteiger charge is -2.36. The highest BCUT2D eigenvalue weighted by atomic mass is 79.9. The standard InChI is InChI=1S/C11H15BrN6/c1-7-4-17(5-8(2)15-7)11-13-3-9(12)10-16-14-6-18(10)11/h3,6-8,15H,4-5H2,1-2H3. The zero-order valence-corrected chi connectivity index (χ0v) is 11.9. The van der Waals surface area contributed by atoms with Gasteiger partial charge in [0.05, 0.1) is 4.47 Å². The molecule has 0 saturated carbocycles. The third kappa shape index (κ3) is 1.97. The number of hydrogen-bond donors (Lipinski definition) is 1. The first kappa shape index (κ1) is 11.9. The number of nitrogens with one attached hydrogen (secondary N) is 1. The molecular formula is C11H15BrN6. The van der Waals surface area contributed by atoms with Crippen LogP contribution in [-0.4, -0.2) is 44.8 Å². The molecule has 0 amide bonds. The molecule has 1 saturated heterocycles. The van der Waals surface area contributed by atoms with Crippen LogP contribution < -0.4 is 10.2 Å². The van der Waals surface area contributed by atoms with Crippen molar-refractivity contribution < 1.29 is 0 Å². The van der Waals surface area contributed by atoms with Gasteiger partial charge in [-0.25, -0.2) is 9.38 Å². The Morgan fingerprint density at radius 1 is 1.33 bits per heavy atom. The third-order valence-electron chi connectivity index (χ3n) is 3.11. The van der Waals surface area contributed by atoms with Crippen LogP contribution in [0.1, 0.15) is 13.8 Å². The Bertz CT molecular complexity index is 558. The van der Waals surface area contributed by atoms with Crippen molar-refractivity contribution in [3.63, 3.8) is 0 Å². The molecule has 1 N–H and O–H groups in total. The van der Waals surface area contributed by atoms with E-state index in [0.29, 0.717) is 12.1 Å². The first-order chi connectivity index (χ1) is 8.65. The van der Waals surface area contributed by atoms with Crippen molar-refractivity contribution >= 4 is 27.5 Å². The molecule has 2 unspecified atom stereocenters. The SMILES string of the molecule is CC1CN(c2ncc(Br)c3nncn23)CC(C)N1. The van der Waals surface area contributed by atoms with Crippen molar-refractivity contribution in [1.82, 2.24) is 24.9 Å². The minimum atomic E-state index is 0.450. The van der Waals surface area contributed by atoms with Crippen LogP contribution in [0.5, 0.6) is 0 Å². The van der Waals surface area contributed by atoms with E-state index in [1.807, 2.05) is 4.40 Å². The largest absolute Gasteiger partial charge is 0.339 e. The van der Waals surface area contributed by atoms with Crippen molar-refractivity contribution in [3.8, 4) is 0 Å². The number of piperazine rings is 1. The zero-order valence-electron chi connectivity index (χ0n) is 10.3. The molecule has 2 aromatic rings. The fourth-order valence-corrected chi connectivity index (χ4v) is 2.88. The number of rotatable bonds is 1. The summed E-state index contributed by atoms with van der Waals surface area (Å²) in [6, 6.07) is 0.899. The molecule has 2 aromatic heterocycles. The molecule has 0 spiro atoms. The molecule has 18 heavy (non-hydrogen) atoms. The van der Waals surface area contributed by atoms with Crippen LogP contribution >= 0.6 is 15.9 Å². The summed E-state index contributed by atoms with van der Waals surface area (Å²) in [5, 5.41) is 11.6. The second kappa shape index (κ2) is 4.47. The molecule has 3 rings (SSSR count). The first-order valence-electron chi connectivity index (χ1n) is 6.00. The number of hydrogen-bond acceptors (Lipinski definition) is 5. The van der Waals surface area contributed by atoms with Gasteiger partial charge in [0, 0.05) is 31.4 Å². The Hall–Kier alpha value is -1.21. The highest BCUT2D eigenvalue weighted by Gasteiger charge is 2.24. The molecule has 2 atom stereocenters. The number of aromatic nitrogens is 4. The van der Waals surface area contributed by atoms with Gasteiger partial charge in [-0.3, -0.25) is 0 Å². The van der Waals surface area contributed by atoms with Gasteiger partial charge in [0.15, 0.2) is 5.65 Å². The average Bonchev–Trinajstić information content (AvgIpc) is 2.77. The van der Waals surface area contributed by atoms with Crippen molar-refractivity contribution in [2.45, 2.75) is 25.9 Å². The van der Waals surface area contributed by atoms with E-state index in [4.69, 9.17) is 0 Å². The molecule has 0 bridgehead atoms. The molecule has 0 radical (unpaired) electrons. The van der Waals surface area contributed by atoms with Crippen LogP contribution in [0, 0.1) is 0 Å². The Morgan fingerprint density at radius 2 is 2.06 bits per heavy atom. The highest BCUT2D eigenvalue weighted by molar-refractivity contribution is 9.10. The Balaban J connectivity index is 2.03. The summed E-state index contributed by atoms with van der Waals surface area (Å²) < 4.78 is 2.79. The predicted octanol–water partition coefficient (Wildman–Crippen LogP) is 1.07. The number of anilines is 1. The normalized spacial score (nSPS) is 24.7. The second-order valence-electron chi connectivity index (χ2n) is 4.80. The summed E-state index contributed by atoms with van der Waals surface area (Å²) in [4.78, 5) is 6.78. The number of nitrogens with zero attached hydrogens (tertiary/aromatic N) is 5. The maximum atomic E-state index is 4.51. The van der Waals surface area contributed by atoms with E-state index in [9.17, 15) is 0 Å². The van der Waals surface area contributed by atoms with E-state index in [2.05, 4.69) is 55.2 Å². The van der Waals surface area contributed by atoms with Crippen LogP contribution in [-0.2, 0) is 0 Å². The Labute approximate surface area is 114 Å². The molecule has 7 heteroatoms. The van der Waals surface area contributed by atoms with Crippen LogP contribution in [0.3, 0.4) is 0 Å². The monoisotopic (exact) mass is 310 g/mol. The maximum absolute atomic E-state index is 4.51. The fraction of sp³-hybridized carbons (Fsp3) is 0.545. The van der Waals surface area contributed by atoms with E-state index >= 15 is 0 Å². The van der Waals surface area contributed by atoms with Crippen LogP contribution in [0.25, 0.3) is 5.65 Å². The molecule has 0 aromatic carbocycles. The minimum Gasteiger partial charge on any atom is -0.339 e. The van der Waals surface area contributed by atoms with Crippen LogP contribution in [0.2, 0.25) is 0 Å². The molecule has 1 aliphatic heterocycles. The highest BCUT2D eigenvalue weighted by Crippen LogP contribution is 2.21. The summed E-state index contributed by atoms with van der Waals surface area (Å²) >= 11 is 3.44. The van der Waals surface area contributed by atoms with E-state index in [-0.39, 0.29) is 0 Å². The molecule has 0 aliphatic carbocycles. The van der Waals surface area contributed by atoms with E-state index in [0.717, 1.165) is 29.2 Å². The molecule has 96 valence electrons. The van der Waals surface area contributed by atoms with Gasteiger partial charge < -0.3 is 10.2 Å². The molecule has 1 fully saturated rings. The fourth-order valence-electron chi connectivity index (χ4n) is 2.50. The lowest BCUT2D eigenvalue weighted by molar-refractivity contribution is 0.402. The lowest BCUT2D eigenvalue weighted by Crippen LogP contribution is -2.55. The van der Waals surface area contributed by atoms with E-state index in [1.54, 1.807) is 12.5 Å². The maximum Gasteiger partial charge on any atom is 0.212 e. The average molecular weight is 311 g/mol. The molecular weight excluding hydrogens is 296 g/mol. The second-order valence-corrected chi connectivity index (χ2v) is 5.66. The quantitative estimate of drug-likeness (QED) is 0.854.